The lowest BCUT2D eigenvalue weighted by atomic mass is 9.94. The summed E-state index contributed by atoms with van der Waals surface area (Å²) in [6, 6.07) is -0.0386. The van der Waals surface area contributed by atoms with Crippen molar-refractivity contribution in [1.82, 2.24) is 10.2 Å². The van der Waals surface area contributed by atoms with Crippen LogP contribution in [0.2, 0.25) is 0 Å². The monoisotopic (exact) mass is 227 g/mol. The van der Waals surface area contributed by atoms with Gasteiger partial charge in [-0.25, -0.2) is 0 Å². The summed E-state index contributed by atoms with van der Waals surface area (Å²) in [7, 11) is 2.17. The van der Waals surface area contributed by atoms with E-state index in [1.165, 1.54) is 25.9 Å². The molecule has 0 saturated carbocycles. The Kier molecular flexibility index (Phi) is 5.77. The molecule has 1 unspecified atom stereocenters. The number of carbonyl (C=O) groups excluding carboxylic acids is 1. The van der Waals surface area contributed by atoms with Crippen LogP contribution < -0.4 is 11.1 Å². The van der Waals surface area contributed by atoms with Gasteiger partial charge in [0, 0.05) is 19.0 Å². The SMILES string of the molecule is CC(N)CC(=O)NCCC1CCN(C)CC1. The topological polar surface area (TPSA) is 58.4 Å². The minimum atomic E-state index is -0.0386. The fourth-order valence-corrected chi connectivity index (χ4v) is 2.13. The normalized spacial score (nSPS) is 20.7. The number of hydrogen-bond donors (Lipinski definition) is 2. The Morgan fingerprint density at radius 1 is 1.50 bits per heavy atom. The van der Waals surface area contributed by atoms with Crippen LogP contribution in [-0.2, 0) is 4.79 Å². The highest BCUT2D eigenvalue weighted by Crippen LogP contribution is 2.18. The largest absolute Gasteiger partial charge is 0.356 e. The Hall–Kier alpha value is -0.610. The van der Waals surface area contributed by atoms with Gasteiger partial charge < -0.3 is 16.0 Å². The maximum atomic E-state index is 11.3. The lowest BCUT2D eigenvalue weighted by Crippen LogP contribution is -2.34. The summed E-state index contributed by atoms with van der Waals surface area (Å²) < 4.78 is 0. The molecule has 0 aliphatic carbocycles. The van der Waals surface area contributed by atoms with Crippen LogP contribution in [0.1, 0.15) is 32.6 Å². The third-order valence-electron chi connectivity index (χ3n) is 3.22. The van der Waals surface area contributed by atoms with E-state index in [1.807, 2.05) is 6.92 Å². The molecular weight excluding hydrogens is 202 g/mol. The highest BCUT2D eigenvalue weighted by molar-refractivity contribution is 5.76. The van der Waals surface area contributed by atoms with Crippen LogP contribution in [-0.4, -0.2) is 43.5 Å². The van der Waals surface area contributed by atoms with Crippen molar-refractivity contribution in [2.75, 3.05) is 26.7 Å². The summed E-state index contributed by atoms with van der Waals surface area (Å²) in [5.74, 6) is 0.870. The van der Waals surface area contributed by atoms with E-state index in [9.17, 15) is 4.79 Å². The van der Waals surface area contributed by atoms with Gasteiger partial charge in [-0.2, -0.15) is 0 Å². The highest BCUT2D eigenvalue weighted by atomic mass is 16.1. The molecule has 1 atom stereocenters. The zero-order valence-corrected chi connectivity index (χ0v) is 10.5. The highest BCUT2D eigenvalue weighted by Gasteiger charge is 2.16. The summed E-state index contributed by atoms with van der Waals surface area (Å²) >= 11 is 0. The van der Waals surface area contributed by atoms with Crippen molar-refractivity contribution in [2.24, 2.45) is 11.7 Å². The quantitative estimate of drug-likeness (QED) is 0.722. The van der Waals surface area contributed by atoms with E-state index in [2.05, 4.69) is 17.3 Å². The second-order valence-corrected chi connectivity index (χ2v) is 5.07. The van der Waals surface area contributed by atoms with Gasteiger partial charge in [-0.05, 0) is 52.2 Å². The molecule has 0 radical (unpaired) electrons. The van der Waals surface area contributed by atoms with Gasteiger partial charge in [0.25, 0.3) is 0 Å². The molecule has 0 aromatic carbocycles. The van der Waals surface area contributed by atoms with Crippen molar-refractivity contribution in [3.63, 3.8) is 0 Å². The average Bonchev–Trinajstić information content (AvgIpc) is 2.20. The molecule has 16 heavy (non-hydrogen) atoms. The third-order valence-corrected chi connectivity index (χ3v) is 3.22. The standard InChI is InChI=1S/C12H25N3O/c1-10(13)9-12(16)14-6-3-11-4-7-15(2)8-5-11/h10-11H,3-9,13H2,1-2H3,(H,14,16). The van der Waals surface area contributed by atoms with E-state index in [-0.39, 0.29) is 11.9 Å². The van der Waals surface area contributed by atoms with Crippen molar-refractivity contribution >= 4 is 5.91 Å². The van der Waals surface area contributed by atoms with E-state index in [0.29, 0.717) is 6.42 Å². The Morgan fingerprint density at radius 3 is 2.69 bits per heavy atom. The number of nitrogens with one attached hydrogen (secondary N) is 1. The zero-order chi connectivity index (χ0) is 12.0. The first-order valence-corrected chi connectivity index (χ1v) is 6.28. The number of carbonyl (C=O) groups is 1. The smallest absolute Gasteiger partial charge is 0.221 e. The second kappa shape index (κ2) is 6.86. The van der Waals surface area contributed by atoms with Crippen molar-refractivity contribution < 1.29 is 4.79 Å². The number of amides is 1. The van der Waals surface area contributed by atoms with Crippen LogP contribution in [0.3, 0.4) is 0 Å². The van der Waals surface area contributed by atoms with Gasteiger partial charge in [-0.1, -0.05) is 0 Å². The molecule has 1 heterocycles. The molecule has 0 bridgehead atoms. The maximum absolute atomic E-state index is 11.3. The molecule has 1 saturated heterocycles. The number of rotatable bonds is 5. The summed E-state index contributed by atoms with van der Waals surface area (Å²) in [5.41, 5.74) is 5.56. The van der Waals surface area contributed by atoms with E-state index >= 15 is 0 Å². The molecule has 1 rings (SSSR count). The molecule has 3 N–H and O–H groups in total. The Labute approximate surface area is 98.6 Å². The van der Waals surface area contributed by atoms with Gasteiger partial charge in [0.2, 0.25) is 5.91 Å². The number of nitrogens with two attached hydrogens (primary N) is 1. The molecule has 0 aromatic heterocycles. The van der Waals surface area contributed by atoms with Crippen molar-refractivity contribution in [3.05, 3.63) is 0 Å². The van der Waals surface area contributed by atoms with Gasteiger partial charge in [0.15, 0.2) is 0 Å². The molecule has 1 fully saturated rings. The van der Waals surface area contributed by atoms with Gasteiger partial charge in [0.1, 0.15) is 0 Å². The zero-order valence-electron chi connectivity index (χ0n) is 10.5. The summed E-state index contributed by atoms with van der Waals surface area (Å²) in [4.78, 5) is 13.7. The van der Waals surface area contributed by atoms with Gasteiger partial charge in [0.05, 0.1) is 0 Å². The second-order valence-electron chi connectivity index (χ2n) is 5.07. The molecule has 4 nitrogen and oxygen atoms in total. The molecule has 1 aliphatic rings. The van der Waals surface area contributed by atoms with Crippen molar-refractivity contribution in [3.8, 4) is 0 Å². The number of hydrogen-bond acceptors (Lipinski definition) is 3. The lowest BCUT2D eigenvalue weighted by molar-refractivity contribution is -0.121. The molecule has 94 valence electrons. The minimum Gasteiger partial charge on any atom is -0.356 e. The molecule has 0 spiro atoms. The molecule has 1 aliphatic heterocycles. The lowest BCUT2D eigenvalue weighted by Gasteiger charge is -2.28. The van der Waals surface area contributed by atoms with Crippen LogP contribution in [0.5, 0.6) is 0 Å². The van der Waals surface area contributed by atoms with Gasteiger partial charge >= 0.3 is 0 Å². The minimum absolute atomic E-state index is 0.0386. The Balaban J connectivity index is 2.04. The predicted molar refractivity (Wildman–Crippen MR) is 66.1 cm³/mol. The summed E-state index contributed by atoms with van der Waals surface area (Å²) in [5, 5.41) is 2.94. The number of piperidine rings is 1. The molecule has 1 amide bonds. The Morgan fingerprint density at radius 2 is 2.12 bits per heavy atom. The maximum Gasteiger partial charge on any atom is 0.221 e. The van der Waals surface area contributed by atoms with Crippen LogP contribution >= 0.6 is 0 Å². The van der Waals surface area contributed by atoms with Gasteiger partial charge in [-0.3, -0.25) is 4.79 Å². The van der Waals surface area contributed by atoms with Crippen molar-refractivity contribution in [1.29, 1.82) is 0 Å². The summed E-state index contributed by atoms with van der Waals surface area (Å²) in [6.45, 7) is 5.05. The van der Waals surface area contributed by atoms with E-state index < -0.39 is 0 Å². The van der Waals surface area contributed by atoms with Crippen LogP contribution in [0.25, 0.3) is 0 Å². The summed E-state index contributed by atoms with van der Waals surface area (Å²) in [6.07, 6.45) is 4.07. The first-order chi connectivity index (χ1) is 7.58. The van der Waals surface area contributed by atoms with Crippen LogP contribution in [0.4, 0.5) is 0 Å². The van der Waals surface area contributed by atoms with E-state index in [0.717, 1.165) is 18.9 Å². The van der Waals surface area contributed by atoms with E-state index in [1.54, 1.807) is 0 Å². The average molecular weight is 227 g/mol. The molecular formula is C12H25N3O. The predicted octanol–water partition coefficient (Wildman–Crippen LogP) is 0.572. The van der Waals surface area contributed by atoms with E-state index in [4.69, 9.17) is 5.73 Å². The first kappa shape index (κ1) is 13.5. The first-order valence-electron chi connectivity index (χ1n) is 6.28. The fraction of sp³-hybridized carbons (Fsp3) is 0.917. The van der Waals surface area contributed by atoms with Crippen molar-refractivity contribution in [2.45, 2.75) is 38.6 Å². The third kappa shape index (κ3) is 5.47. The molecule has 4 heteroatoms. The molecule has 0 aromatic rings. The van der Waals surface area contributed by atoms with Crippen LogP contribution in [0, 0.1) is 5.92 Å². The fourth-order valence-electron chi connectivity index (χ4n) is 2.13. The Bertz CT molecular complexity index is 210. The van der Waals surface area contributed by atoms with Crippen LogP contribution in [0.15, 0.2) is 0 Å². The van der Waals surface area contributed by atoms with Gasteiger partial charge in [-0.15, -0.1) is 0 Å². The number of likely N-dealkylation sites (tertiary alicyclic amines) is 1. The number of nitrogens with zero attached hydrogens (tertiary/aromatic N) is 1.